The van der Waals surface area contributed by atoms with Gasteiger partial charge in [0.1, 0.15) is 6.04 Å². The summed E-state index contributed by atoms with van der Waals surface area (Å²) in [4.78, 5) is 43.3. The number of hydrogen-bond donors (Lipinski definition) is 0. The van der Waals surface area contributed by atoms with Crippen molar-refractivity contribution < 1.29 is 32.3 Å². The first-order valence-electron chi connectivity index (χ1n) is 9.66. The van der Waals surface area contributed by atoms with Crippen LogP contribution in [0.4, 0.5) is 0 Å². The van der Waals surface area contributed by atoms with E-state index in [9.17, 15) is 22.8 Å². The van der Waals surface area contributed by atoms with Crippen LogP contribution >= 0.6 is 0 Å². The maximum Gasteiger partial charge on any atom is 0.328 e. The van der Waals surface area contributed by atoms with Gasteiger partial charge >= 0.3 is 5.97 Å². The maximum atomic E-state index is 13.2. The number of hydrogen-bond acceptors (Lipinski definition) is 8. The molecule has 0 radical (unpaired) electrons. The third kappa shape index (κ3) is 3.29. The molecule has 2 aliphatic rings. The molecular formula is C20H21N3O7S. The number of aromatic nitrogens is 1. The summed E-state index contributed by atoms with van der Waals surface area (Å²) in [7, 11) is -2.65. The number of carbonyl (C=O) groups is 3. The van der Waals surface area contributed by atoms with Crippen molar-refractivity contribution in [2.45, 2.75) is 24.8 Å². The van der Waals surface area contributed by atoms with Crippen LogP contribution in [0.25, 0.3) is 10.9 Å². The van der Waals surface area contributed by atoms with Gasteiger partial charge in [0, 0.05) is 18.5 Å². The molecule has 10 nitrogen and oxygen atoms in total. The third-order valence-corrected chi connectivity index (χ3v) is 7.43. The average molecular weight is 447 g/mol. The van der Waals surface area contributed by atoms with Crippen molar-refractivity contribution in [2.75, 3.05) is 33.4 Å². The minimum absolute atomic E-state index is 0.00512. The maximum absolute atomic E-state index is 13.2. The van der Waals surface area contributed by atoms with Crippen LogP contribution in [0.1, 0.15) is 33.3 Å². The molecule has 1 aromatic heterocycles. The highest BCUT2D eigenvalue weighted by atomic mass is 32.2. The normalized spacial score (nSPS) is 18.4. The van der Waals surface area contributed by atoms with Crippen molar-refractivity contribution in [3.05, 3.63) is 35.0 Å². The molecule has 0 spiro atoms. The zero-order valence-electron chi connectivity index (χ0n) is 17.2. The van der Waals surface area contributed by atoms with Crippen molar-refractivity contribution in [3.63, 3.8) is 0 Å². The van der Waals surface area contributed by atoms with Crippen molar-refractivity contribution in [2.24, 2.45) is 0 Å². The molecule has 0 N–H and O–H groups in total. The fourth-order valence-electron chi connectivity index (χ4n) is 3.91. The Kier molecular flexibility index (Phi) is 5.28. The molecule has 164 valence electrons. The Morgan fingerprint density at radius 1 is 1.16 bits per heavy atom. The number of aryl methyl sites for hydroxylation is 1. The van der Waals surface area contributed by atoms with Crippen molar-refractivity contribution in [3.8, 4) is 0 Å². The van der Waals surface area contributed by atoms with Gasteiger partial charge in [-0.25, -0.2) is 13.2 Å². The van der Waals surface area contributed by atoms with E-state index in [1.165, 1.54) is 36.5 Å². The van der Waals surface area contributed by atoms with Crippen LogP contribution in [-0.2, 0) is 24.3 Å². The molecule has 2 aliphatic heterocycles. The Labute approximate surface area is 178 Å². The summed E-state index contributed by atoms with van der Waals surface area (Å²) in [5, 5.41) is 0.243. The molecule has 1 fully saturated rings. The standard InChI is InChI=1S/C20H21N3O7S/c1-11-16-17(19(25)23(18(16)24)12(2)20(26)29-3)14-10-13(4-5-15(14)21-11)31(27,28)22-6-8-30-9-7-22/h4-5,10,12H,6-9H2,1-3H3. The van der Waals surface area contributed by atoms with Gasteiger partial charge in [0.25, 0.3) is 11.8 Å². The number of morpholine rings is 1. The first kappa shape index (κ1) is 21.3. The number of ether oxygens (including phenoxy) is 2. The van der Waals surface area contributed by atoms with E-state index in [-0.39, 0.29) is 34.5 Å². The molecule has 31 heavy (non-hydrogen) atoms. The van der Waals surface area contributed by atoms with Crippen molar-refractivity contribution >= 4 is 38.7 Å². The lowest BCUT2D eigenvalue weighted by Gasteiger charge is -2.26. The molecule has 11 heteroatoms. The molecule has 0 saturated carbocycles. The molecule has 1 unspecified atom stereocenters. The SMILES string of the molecule is COC(=O)C(C)N1C(=O)c2c(C)nc3ccc(S(=O)(=O)N4CCOCC4)cc3c2C1=O. The van der Waals surface area contributed by atoms with Crippen LogP contribution in [0.15, 0.2) is 23.1 Å². The van der Waals surface area contributed by atoms with Crippen LogP contribution in [0.3, 0.4) is 0 Å². The number of imide groups is 1. The predicted octanol–water partition coefficient (Wildman–Crippen LogP) is 0.722. The molecule has 1 saturated heterocycles. The van der Waals surface area contributed by atoms with E-state index >= 15 is 0 Å². The monoisotopic (exact) mass is 447 g/mol. The quantitative estimate of drug-likeness (QED) is 0.496. The second-order valence-electron chi connectivity index (χ2n) is 7.32. The molecule has 4 rings (SSSR count). The molecule has 1 aromatic carbocycles. The van der Waals surface area contributed by atoms with Crippen LogP contribution in [-0.4, -0.2) is 79.8 Å². The van der Waals surface area contributed by atoms with Crippen LogP contribution in [0.5, 0.6) is 0 Å². The number of amides is 2. The summed E-state index contributed by atoms with van der Waals surface area (Å²) < 4.78 is 37.4. The Bertz CT molecular complexity index is 1220. The van der Waals surface area contributed by atoms with E-state index < -0.39 is 33.8 Å². The van der Waals surface area contributed by atoms with Crippen LogP contribution < -0.4 is 0 Å². The molecule has 2 aromatic rings. The second kappa shape index (κ2) is 7.66. The molecule has 3 heterocycles. The van der Waals surface area contributed by atoms with E-state index in [1.807, 2.05) is 0 Å². The van der Waals surface area contributed by atoms with E-state index in [2.05, 4.69) is 9.72 Å². The highest BCUT2D eigenvalue weighted by Gasteiger charge is 2.44. The van der Waals surface area contributed by atoms with Gasteiger partial charge in [-0.05, 0) is 32.0 Å². The van der Waals surface area contributed by atoms with Gasteiger partial charge in [0.15, 0.2) is 0 Å². The largest absolute Gasteiger partial charge is 0.467 e. The zero-order valence-corrected chi connectivity index (χ0v) is 18.1. The number of rotatable bonds is 4. The number of pyridine rings is 1. The Hall–Kier alpha value is -2.89. The van der Waals surface area contributed by atoms with Crippen molar-refractivity contribution in [1.29, 1.82) is 0 Å². The Morgan fingerprint density at radius 3 is 2.45 bits per heavy atom. The van der Waals surface area contributed by atoms with Gasteiger partial charge in [-0.1, -0.05) is 0 Å². The number of nitrogens with zero attached hydrogens (tertiary/aromatic N) is 3. The highest BCUT2D eigenvalue weighted by Crippen LogP contribution is 2.34. The summed E-state index contributed by atoms with van der Waals surface area (Å²) in [5.74, 6) is -2.08. The average Bonchev–Trinajstić information content (AvgIpc) is 3.04. The molecule has 1 atom stereocenters. The number of sulfonamides is 1. The molecule has 0 aliphatic carbocycles. The minimum atomic E-state index is -3.82. The number of benzene rings is 1. The van der Waals surface area contributed by atoms with Gasteiger partial charge in [-0.15, -0.1) is 0 Å². The lowest BCUT2D eigenvalue weighted by molar-refractivity contribution is -0.144. The Balaban J connectivity index is 1.87. The molecule has 2 amide bonds. The summed E-state index contributed by atoms with van der Waals surface area (Å²) in [6, 6.07) is 3.18. The number of fused-ring (bicyclic) bond motifs is 3. The van der Waals surface area contributed by atoms with Crippen LogP contribution in [0.2, 0.25) is 0 Å². The van der Waals surface area contributed by atoms with E-state index in [0.29, 0.717) is 24.4 Å². The molecular weight excluding hydrogens is 426 g/mol. The van der Waals surface area contributed by atoms with Gasteiger partial charge in [0.05, 0.1) is 47.6 Å². The lowest BCUT2D eigenvalue weighted by atomic mass is 10.0. The lowest BCUT2D eigenvalue weighted by Crippen LogP contribution is -2.43. The summed E-state index contributed by atoms with van der Waals surface area (Å²) in [5.41, 5.74) is 0.812. The number of esters is 1. The topological polar surface area (TPSA) is 123 Å². The first-order chi connectivity index (χ1) is 14.7. The first-order valence-corrected chi connectivity index (χ1v) is 11.1. The van der Waals surface area contributed by atoms with Gasteiger partial charge in [-0.3, -0.25) is 19.5 Å². The summed E-state index contributed by atoms with van der Waals surface area (Å²) in [6.07, 6.45) is 0. The summed E-state index contributed by atoms with van der Waals surface area (Å²) >= 11 is 0. The smallest absolute Gasteiger partial charge is 0.328 e. The van der Waals surface area contributed by atoms with Gasteiger partial charge in [0.2, 0.25) is 10.0 Å². The van der Waals surface area contributed by atoms with E-state index in [0.717, 1.165) is 4.90 Å². The number of methoxy groups -OCH3 is 1. The fraction of sp³-hybridized carbons (Fsp3) is 0.400. The third-order valence-electron chi connectivity index (χ3n) is 5.54. The minimum Gasteiger partial charge on any atom is -0.467 e. The van der Waals surface area contributed by atoms with Crippen LogP contribution in [0, 0.1) is 6.92 Å². The van der Waals surface area contributed by atoms with E-state index in [1.54, 1.807) is 6.92 Å². The number of carbonyl (C=O) groups excluding carboxylic acids is 3. The highest BCUT2D eigenvalue weighted by molar-refractivity contribution is 7.89. The van der Waals surface area contributed by atoms with Gasteiger partial charge in [-0.2, -0.15) is 4.31 Å². The van der Waals surface area contributed by atoms with Crippen molar-refractivity contribution in [1.82, 2.24) is 14.2 Å². The fourth-order valence-corrected chi connectivity index (χ4v) is 5.34. The zero-order chi connectivity index (χ0) is 22.5. The Morgan fingerprint density at radius 2 is 1.81 bits per heavy atom. The summed E-state index contributed by atoms with van der Waals surface area (Å²) in [6.45, 7) is 4.05. The second-order valence-corrected chi connectivity index (χ2v) is 9.26. The van der Waals surface area contributed by atoms with Gasteiger partial charge < -0.3 is 9.47 Å². The molecule has 0 bridgehead atoms. The van der Waals surface area contributed by atoms with E-state index in [4.69, 9.17) is 4.74 Å². The predicted molar refractivity (Wildman–Crippen MR) is 108 cm³/mol.